The predicted octanol–water partition coefficient (Wildman–Crippen LogP) is 4.54. The number of carbonyl (C=O) groups excluding carboxylic acids is 1. The molecule has 32 heavy (non-hydrogen) atoms. The highest BCUT2D eigenvalue weighted by atomic mass is 16.6. The molecule has 0 radical (unpaired) electrons. The predicted molar refractivity (Wildman–Crippen MR) is 121 cm³/mol. The SMILES string of the molecule is C=C(C)CO[C@H]1CN(C(=O)O)CC[C@H]1N(Cc1ccccc1)C(=O)OCc1ccccc1. The summed E-state index contributed by atoms with van der Waals surface area (Å²) in [7, 11) is 0. The molecule has 2 aromatic carbocycles. The van der Waals surface area contributed by atoms with E-state index in [1.54, 1.807) is 4.90 Å². The summed E-state index contributed by atoms with van der Waals surface area (Å²) in [6, 6.07) is 18.9. The first kappa shape index (κ1) is 23.3. The maximum Gasteiger partial charge on any atom is 0.410 e. The van der Waals surface area contributed by atoms with Crippen LogP contribution in [-0.4, -0.2) is 58.9 Å². The first-order valence-electron chi connectivity index (χ1n) is 10.7. The molecule has 170 valence electrons. The Kier molecular flexibility index (Phi) is 8.27. The smallest absolute Gasteiger partial charge is 0.410 e. The number of carbonyl (C=O) groups is 2. The summed E-state index contributed by atoms with van der Waals surface area (Å²) in [5, 5.41) is 9.46. The van der Waals surface area contributed by atoms with E-state index in [0.29, 0.717) is 26.1 Å². The Bertz CT molecular complexity index is 903. The molecule has 0 bridgehead atoms. The lowest BCUT2D eigenvalue weighted by Gasteiger charge is -2.42. The second-order valence-corrected chi connectivity index (χ2v) is 8.04. The summed E-state index contributed by atoms with van der Waals surface area (Å²) in [6.45, 7) is 7.04. The Hall–Kier alpha value is -3.32. The fraction of sp³-hybridized carbons (Fsp3) is 0.360. The van der Waals surface area contributed by atoms with Crippen LogP contribution < -0.4 is 0 Å². The minimum atomic E-state index is -0.992. The first-order chi connectivity index (χ1) is 15.4. The molecule has 1 aliphatic heterocycles. The zero-order valence-corrected chi connectivity index (χ0v) is 18.4. The maximum atomic E-state index is 13.2. The van der Waals surface area contributed by atoms with Gasteiger partial charge >= 0.3 is 12.2 Å². The van der Waals surface area contributed by atoms with E-state index in [-0.39, 0.29) is 19.2 Å². The molecule has 1 heterocycles. The molecule has 0 spiro atoms. The van der Waals surface area contributed by atoms with Crippen LogP contribution in [-0.2, 0) is 22.6 Å². The van der Waals surface area contributed by atoms with Crippen molar-refractivity contribution in [2.24, 2.45) is 0 Å². The van der Waals surface area contributed by atoms with Gasteiger partial charge in [0.05, 0.1) is 25.3 Å². The van der Waals surface area contributed by atoms with Gasteiger partial charge in [-0.05, 0) is 24.5 Å². The maximum absolute atomic E-state index is 13.2. The largest absolute Gasteiger partial charge is 0.465 e. The number of ether oxygens (including phenoxy) is 2. The molecule has 2 aromatic rings. The van der Waals surface area contributed by atoms with Crippen molar-refractivity contribution in [1.82, 2.24) is 9.80 Å². The van der Waals surface area contributed by atoms with E-state index in [4.69, 9.17) is 9.47 Å². The fourth-order valence-corrected chi connectivity index (χ4v) is 3.75. The van der Waals surface area contributed by atoms with Crippen LogP contribution in [0.25, 0.3) is 0 Å². The Balaban J connectivity index is 1.81. The van der Waals surface area contributed by atoms with Crippen molar-refractivity contribution in [3.8, 4) is 0 Å². The topological polar surface area (TPSA) is 79.3 Å². The van der Waals surface area contributed by atoms with Gasteiger partial charge in [0.1, 0.15) is 6.61 Å². The van der Waals surface area contributed by atoms with Crippen LogP contribution >= 0.6 is 0 Å². The summed E-state index contributed by atoms with van der Waals surface area (Å²) in [4.78, 5) is 27.8. The molecule has 0 unspecified atom stereocenters. The van der Waals surface area contributed by atoms with Gasteiger partial charge in [0.2, 0.25) is 0 Å². The number of rotatable bonds is 8. The second kappa shape index (κ2) is 11.3. The van der Waals surface area contributed by atoms with Crippen molar-refractivity contribution >= 4 is 12.2 Å². The third-order valence-corrected chi connectivity index (χ3v) is 5.37. The van der Waals surface area contributed by atoms with E-state index >= 15 is 0 Å². The molecule has 2 amide bonds. The molecule has 3 rings (SSSR count). The van der Waals surface area contributed by atoms with Gasteiger partial charge < -0.3 is 19.5 Å². The number of hydrogen-bond acceptors (Lipinski definition) is 4. The standard InChI is InChI=1S/C25H30N2O5/c1-19(2)17-31-23-16-26(24(28)29)14-13-22(23)27(15-20-9-5-3-6-10-20)25(30)32-18-21-11-7-4-8-12-21/h3-12,22-23H,1,13-18H2,2H3,(H,28,29)/t22-,23+/m1/s1. The van der Waals surface area contributed by atoms with Crippen molar-refractivity contribution in [2.45, 2.75) is 38.6 Å². The second-order valence-electron chi connectivity index (χ2n) is 8.04. The molecule has 2 atom stereocenters. The molecule has 1 N–H and O–H groups in total. The highest BCUT2D eigenvalue weighted by Crippen LogP contribution is 2.24. The average Bonchev–Trinajstić information content (AvgIpc) is 2.81. The molecule has 1 saturated heterocycles. The Morgan fingerprint density at radius 2 is 1.72 bits per heavy atom. The highest BCUT2D eigenvalue weighted by molar-refractivity contribution is 5.69. The summed E-state index contributed by atoms with van der Waals surface area (Å²) in [5.41, 5.74) is 2.69. The van der Waals surface area contributed by atoms with Gasteiger partial charge in [-0.2, -0.15) is 0 Å². The number of carboxylic acid groups (broad SMARTS) is 1. The normalized spacial score (nSPS) is 18.1. The van der Waals surface area contributed by atoms with E-state index in [1.165, 1.54) is 4.90 Å². The lowest BCUT2D eigenvalue weighted by Crippen LogP contribution is -2.57. The minimum absolute atomic E-state index is 0.163. The van der Waals surface area contributed by atoms with Crippen LogP contribution in [0.3, 0.4) is 0 Å². The van der Waals surface area contributed by atoms with Crippen LogP contribution in [0.4, 0.5) is 9.59 Å². The molecule has 1 aliphatic rings. The zero-order chi connectivity index (χ0) is 22.9. The molecule has 1 fully saturated rings. The van der Waals surface area contributed by atoms with E-state index in [9.17, 15) is 14.7 Å². The first-order valence-corrected chi connectivity index (χ1v) is 10.7. The monoisotopic (exact) mass is 438 g/mol. The Labute approximate surface area is 188 Å². The highest BCUT2D eigenvalue weighted by Gasteiger charge is 2.38. The summed E-state index contributed by atoms with van der Waals surface area (Å²) >= 11 is 0. The van der Waals surface area contributed by atoms with Crippen LogP contribution in [0, 0.1) is 0 Å². The van der Waals surface area contributed by atoms with Crippen molar-refractivity contribution in [3.05, 3.63) is 83.9 Å². The van der Waals surface area contributed by atoms with Crippen LogP contribution in [0.15, 0.2) is 72.8 Å². The van der Waals surface area contributed by atoms with E-state index in [0.717, 1.165) is 16.7 Å². The van der Waals surface area contributed by atoms with E-state index < -0.39 is 18.3 Å². The van der Waals surface area contributed by atoms with E-state index in [2.05, 4.69) is 6.58 Å². The van der Waals surface area contributed by atoms with E-state index in [1.807, 2.05) is 67.6 Å². The minimum Gasteiger partial charge on any atom is -0.465 e. The zero-order valence-electron chi connectivity index (χ0n) is 18.4. The molecule has 0 saturated carbocycles. The number of hydrogen-bond donors (Lipinski definition) is 1. The molecule has 0 aliphatic carbocycles. The average molecular weight is 439 g/mol. The van der Waals surface area contributed by atoms with Crippen LogP contribution in [0.1, 0.15) is 24.5 Å². The van der Waals surface area contributed by atoms with Gasteiger partial charge in [0, 0.05) is 13.1 Å². The third-order valence-electron chi connectivity index (χ3n) is 5.37. The number of likely N-dealkylation sites (tertiary alicyclic amines) is 1. The number of nitrogens with zero attached hydrogens (tertiary/aromatic N) is 2. The molecular formula is C25H30N2O5. The number of amides is 2. The van der Waals surface area contributed by atoms with Crippen molar-refractivity contribution in [2.75, 3.05) is 19.7 Å². The van der Waals surface area contributed by atoms with Gasteiger partial charge in [-0.25, -0.2) is 9.59 Å². The molecular weight excluding hydrogens is 408 g/mol. The quantitative estimate of drug-likeness (QED) is 0.612. The van der Waals surface area contributed by atoms with Crippen molar-refractivity contribution in [1.29, 1.82) is 0 Å². The van der Waals surface area contributed by atoms with Crippen LogP contribution in [0.5, 0.6) is 0 Å². The number of piperidine rings is 1. The van der Waals surface area contributed by atoms with Crippen LogP contribution in [0.2, 0.25) is 0 Å². The van der Waals surface area contributed by atoms with Gasteiger partial charge in [-0.3, -0.25) is 4.90 Å². The molecule has 7 heteroatoms. The lowest BCUT2D eigenvalue weighted by atomic mass is 9.99. The van der Waals surface area contributed by atoms with Crippen molar-refractivity contribution < 1.29 is 24.2 Å². The lowest BCUT2D eigenvalue weighted by molar-refractivity contribution is -0.0473. The Morgan fingerprint density at radius 1 is 1.09 bits per heavy atom. The van der Waals surface area contributed by atoms with Gasteiger partial charge in [-0.15, -0.1) is 0 Å². The fourth-order valence-electron chi connectivity index (χ4n) is 3.75. The molecule has 0 aromatic heterocycles. The van der Waals surface area contributed by atoms with Crippen molar-refractivity contribution in [3.63, 3.8) is 0 Å². The summed E-state index contributed by atoms with van der Waals surface area (Å²) < 4.78 is 11.7. The van der Waals surface area contributed by atoms with Gasteiger partial charge in [0.15, 0.2) is 0 Å². The Morgan fingerprint density at radius 3 is 2.31 bits per heavy atom. The van der Waals surface area contributed by atoms with Gasteiger partial charge in [-0.1, -0.05) is 72.8 Å². The third kappa shape index (κ3) is 6.59. The summed E-state index contributed by atoms with van der Waals surface area (Å²) in [5.74, 6) is 0. The summed E-state index contributed by atoms with van der Waals surface area (Å²) in [6.07, 6.45) is -1.46. The number of benzene rings is 2. The molecule has 7 nitrogen and oxygen atoms in total. The van der Waals surface area contributed by atoms with Gasteiger partial charge in [0.25, 0.3) is 0 Å².